The molecule has 0 saturated carbocycles. The summed E-state index contributed by atoms with van der Waals surface area (Å²) in [4.78, 5) is 11.7. The van der Waals surface area contributed by atoms with E-state index in [1.165, 1.54) is 0 Å². The Balaban J connectivity index is 1.83. The SMILES string of the molecule is CSCc1ccc(CNC2CCCCNC2=O)o1. The summed E-state index contributed by atoms with van der Waals surface area (Å²) < 4.78 is 5.67. The average molecular weight is 268 g/mol. The largest absolute Gasteiger partial charge is 0.464 e. The van der Waals surface area contributed by atoms with Gasteiger partial charge in [0.2, 0.25) is 5.91 Å². The van der Waals surface area contributed by atoms with Crippen LogP contribution in [0.3, 0.4) is 0 Å². The predicted molar refractivity (Wildman–Crippen MR) is 73.4 cm³/mol. The molecule has 1 fully saturated rings. The summed E-state index contributed by atoms with van der Waals surface area (Å²) in [5.41, 5.74) is 0. The molecule has 1 aromatic heterocycles. The summed E-state index contributed by atoms with van der Waals surface area (Å²) in [5, 5.41) is 6.19. The lowest BCUT2D eigenvalue weighted by Crippen LogP contribution is -2.42. The fourth-order valence-corrected chi connectivity index (χ4v) is 2.53. The number of hydrogen-bond donors (Lipinski definition) is 2. The van der Waals surface area contributed by atoms with Crippen molar-refractivity contribution in [2.24, 2.45) is 0 Å². The number of nitrogens with one attached hydrogen (secondary N) is 2. The Labute approximate surface area is 112 Å². The molecule has 5 heteroatoms. The smallest absolute Gasteiger partial charge is 0.237 e. The maximum atomic E-state index is 11.7. The highest BCUT2D eigenvalue weighted by Crippen LogP contribution is 2.14. The van der Waals surface area contributed by atoms with Crippen LogP contribution in [0.1, 0.15) is 30.8 Å². The van der Waals surface area contributed by atoms with Crippen molar-refractivity contribution in [3.8, 4) is 0 Å². The molecule has 2 N–H and O–H groups in total. The standard InChI is InChI=1S/C13H20N2O2S/c1-18-9-11-6-5-10(17-11)8-15-12-4-2-3-7-14-13(12)16/h5-6,12,15H,2-4,7-9H2,1H3,(H,14,16). The van der Waals surface area contributed by atoms with Gasteiger partial charge in [-0.1, -0.05) is 0 Å². The van der Waals surface area contributed by atoms with Gasteiger partial charge >= 0.3 is 0 Å². The Bertz CT molecular complexity index is 392. The molecule has 1 saturated heterocycles. The predicted octanol–water partition coefficient (Wildman–Crippen LogP) is 1.90. The Hall–Kier alpha value is -0.940. The fraction of sp³-hybridized carbons (Fsp3) is 0.615. The lowest BCUT2D eigenvalue weighted by Gasteiger charge is -2.13. The van der Waals surface area contributed by atoms with Crippen molar-refractivity contribution in [1.29, 1.82) is 0 Å². The second kappa shape index (κ2) is 6.85. The number of hydrogen-bond acceptors (Lipinski definition) is 4. The van der Waals surface area contributed by atoms with E-state index < -0.39 is 0 Å². The van der Waals surface area contributed by atoms with Crippen LogP contribution in [0.15, 0.2) is 16.5 Å². The van der Waals surface area contributed by atoms with Gasteiger partial charge in [-0.3, -0.25) is 10.1 Å². The highest BCUT2D eigenvalue weighted by molar-refractivity contribution is 7.97. The number of amides is 1. The van der Waals surface area contributed by atoms with Crippen LogP contribution in [0.25, 0.3) is 0 Å². The van der Waals surface area contributed by atoms with E-state index >= 15 is 0 Å². The van der Waals surface area contributed by atoms with Crippen LogP contribution < -0.4 is 10.6 Å². The lowest BCUT2D eigenvalue weighted by atomic mass is 10.1. The van der Waals surface area contributed by atoms with E-state index in [0.29, 0.717) is 6.54 Å². The third-order valence-electron chi connectivity index (χ3n) is 3.06. The van der Waals surface area contributed by atoms with Gasteiger partial charge in [0, 0.05) is 6.54 Å². The second-order valence-electron chi connectivity index (χ2n) is 4.52. The number of rotatable bonds is 5. The fourth-order valence-electron chi connectivity index (χ4n) is 2.10. The van der Waals surface area contributed by atoms with Crippen molar-refractivity contribution >= 4 is 17.7 Å². The molecule has 2 heterocycles. The summed E-state index contributed by atoms with van der Waals surface area (Å²) in [6.45, 7) is 1.42. The Morgan fingerprint density at radius 3 is 3.11 bits per heavy atom. The van der Waals surface area contributed by atoms with Crippen LogP contribution in [0, 0.1) is 0 Å². The molecule has 0 bridgehead atoms. The number of carbonyl (C=O) groups is 1. The summed E-state index contributed by atoms with van der Waals surface area (Å²) in [6, 6.07) is 3.90. The van der Waals surface area contributed by atoms with Crippen LogP contribution in [0.2, 0.25) is 0 Å². The van der Waals surface area contributed by atoms with Gasteiger partial charge in [-0.25, -0.2) is 0 Å². The second-order valence-corrected chi connectivity index (χ2v) is 5.39. The highest BCUT2D eigenvalue weighted by Gasteiger charge is 2.20. The van der Waals surface area contributed by atoms with E-state index in [1.54, 1.807) is 11.8 Å². The summed E-state index contributed by atoms with van der Waals surface area (Å²) in [5.74, 6) is 2.90. The van der Waals surface area contributed by atoms with Gasteiger partial charge in [0.05, 0.1) is 18.3 Å². The van der Waals surface area contributed by atoms with Gasteiger partial charge in [-0.2, -0.15) is 11.8 Å². The maximum absolute atomic E-state index is 11.7. The molecule has 18 heavy (non-hydrogen) atoms. The van der Waals surface area contributed by atoms with Gasteiger partial charge in [-0.05, 0) is 37.7 Å². The first kappa shape index (κ1) is 13.5. The van der Waals surface area contributed by atoms with E-state index in [9.17, 15) is 4.79 Å². The Kier molecular flexibility index (Phi) is 5.13. The van der Waals surface area contributed by atoms with Crippen molar-refractivity contribution in [1.82, 2.24) is 10.6 Å². The Morgan fingerprint density at radius 2 is 2.28 bits per heavy atom. The topological polar surface area (TPSA) is 54.3 Å². The van der Waals surface area contributed by atoms with Crippen LogP contribution in [-0.2, 0) is 17.1 Å². The Morgan fingerprint density at radius 1 is 1.44 bits per heavy atom. The monoisotopic (exact) mass is 268 g/mol. The average Bonchev–Trinajstić information content (AvgIpc) is 2.70. The van der Waals surface area contributed by atoms with Crippen LogP contribution in [-0.4, -0.2) is 24.7 Å². The zero-order valence-electron chi connectivity index (χ0n) is 10.7. The molecule has 1 amide bonds. The minimum absolute atomic E-state index is 0.0819. The molecular formula is C13H20N2O2S. The van der Waals surface area contributed by atoms with Gasteiger partial charge in [0.25, 0.3) is 0 Å². The van der Waals surface area contributed by atoms with Crippen LogP contribution in [0.4, 0.5) is 0 Å². The summed E-state index contributed by atoms with van der Waals surface area (Å²) >= 11 is 1.74. The molecule has 1 atom stereocenters. The van der Waals surface area contributed by atoms with Gasteiger partial charge < -0.3 is 9.73 Å². The van der Waals surface area contributed by atoms with E-state index in [2.05, 4.69) is 16.9 Å². The van der Waals surface area contributed by atoms with Crippen molar-refractivity contribution in [3.05, 3.63) is 23.7 Å². The first-order valence-electron chi connectivity index (χ1n) is 6.37. The number of furan rings is 1. The van der Waals surface area contributed by atoms with E-state index in [-0.39, 0.29) is 11.9 Å². The first-order chi connectivity index (χ1) is 8.79. The lowest BCUT2D eigenvalue weighted by molar-refractivity contribution is -0.122. The van der Waals surface area contributed by atoms with Gasteiger partial charge in [0.15, 0.2) is 0 Å². The number of carbonyl (C=O) groups excluding carboxylic acids is 1. The minimum atomic E-state index is -0.0819. The van der Waals surface area contributed by atoms with Gasteiger partial charge in [0.1, 0.15) is 11.5 Å². The van der Waals surface area contributed by atoms with Crippen molar-refractivity contribution in [2.75, 3.05) is 12.8 Å². The van der Waals surface area contributed by atoms with Crippen molar-refractivity contribution in [2.45, 2.75) is 37.6 Å². The molecule has 0 aromatic carbocycles. The molecule has 2 rings (SSSR count). The first-order valence-corrected chi connectivity index (χ1v) is 7.76. The van der Waals surface area contributed by atoms with E-state index in [0.717, 1.165) is 43.1 Å². The van der Waals surface area contributed by atoms with Crippen LogP contribution >= 0.6 is 11.8 Å². The molecular weight excluding hydrogens is 248 g/mol. The van der Waals surface area contributed by atoms with Gasteiger partial charge in [-0.15, -0.1) is 0 Å². The van der Waals surface area contributed by atoms with E-state index in [4.69, 9.17) is 4.42 Å². The van der Waals surface area contributed by atoms with Crippen molar-refractivity contribution < 1.29 is 9.21 Å². The molecule has 100 valence electrons. The zero-order valence-corrected chi connectivity index (χ0v) is 11.5. The summed E-state index contributed by atoms with van der Waals surface area (Å²) in [6.07, 6.45) is 5.12. The minimum Gasteiger partial charge on any atom is -0.464 e. The van der Waals surface area contributed by atoms with Crippen LogP contribution in [0.5, 0.6) is 0 Å². The molecule has 1 aliphatic rings. The molecule has 0 spiro atoms. The third-order valence-corrected chi connectivity index (χ3v) is 3.64. The molecule has 1 aromatic rings. The highest BCUT2D eigenvalue weighted by atomic mass is 32.2. The molecule has 4 nitrogen and oxygen atoms in total. The quantitative estimate of drug-likeness (QED) is 0.856. The molecule has 1 unspecified atom stereocenters. The zero-order chi connectivity index (χ0) is 12.8. The van der Waals surface area contributed by atoms with Crippen molar-refractivity contribution in [3.63, 3.8) is 0 Å². The normalized spacial score (nSPS) is 20.5. The molecule has 0 aliphatic carbocycles. The molecule has 0 radical (unpaired) electrons. The number of thioether (sulfide) groups is 1. The van der Waals surface area contributed by atoms with E-state index in [1.807, 2.05) is 12.1 Å². The molecule has 1 aliphatic heterocycles. The maximum Gasteiger partial charge on any atom is 0.237 e. The third kappa shape index (κ3) is 3.78. The summed E-state index contributed by atoms with van der Waals surface area (Å²) in [7, 11) is 0.